The second-order valence-corrected chi connectivity index (χ2v) is 3.34. The Kier molecular flexibility index (Phi) is 3.24. The zero-order valence-corrected chi connectivity index (χ0v) is 9.08. The van der Waals surface area contributed by atoms with Crippen LogP contribution < -0.4 is 10.6 Å². The summed E-state index contributed by atoms with van der Waals surface area (Å²) in [6.45, 7) is 0. The van der Waals surface area contributed by atoms with Gasteiger partial charge in [0.25, 0.3) is 5.91 Å². The van der Waals surface area contributed by atoms with Gasteiger partial charge >= 0.3 is 6.09 Å². The maximum atomic E-state index is 11.6. The summed E-state index contributed by atoms with van der Waals surface area (Å²) in [5.41, 5.74) is 0.938. The minimum atomic E-state index is -1.14. The summed E-state index contributed by atoms with van der Waals surface area (Å²) in [5, 5.41) is 16.7. The van der Waals surface area contributed by atoms with Crippen LogP contribution in [0.25, 0.3) is 0 Å². The molecule has 92 valence electrons. The predicted octanol–water partition coefficient (Wildman–Crippen LogP) is 2.02. The number of nitrogens with zero attached hydrogens (tertiary/aromatic N) is 1. The highest BCUT2D eigenvalue weighted by Crippen LogP contribution is 2.14. The molecule has 0 saturated carbocycles. The van der Waals surface area contributed by atoms with E-state index in [1.165, 1.54) is 24.4 Å². The molecule has 0 saturated heterocycles. The summed E-state index contributed by atoms with van der Waals surface area (Å²) >= 11 is 0. The van der Waals surface area contributed by atoms with Crippen molar-refractivity contribution in [2.45, 2.75) is 0 Å². The molecule has 0 aliphatic carbocycles. The van der Waals surface area contributed by atoms with Crippen LogP contribution in [-0.2, 0) is 0 Å². The number of carbonyl (C=O) groups excluding carboxylic acids is 1. The molecule has 7 heteroatoms. The van der Waals surface area contributed by atoms with E-state index in [0.29, 0.717) is 11.4 Å². The van der Waals surface area contributed by atoms with Crippen molar-refractivity contribution in [1.82, 2.24) is 5.16 Å². The minimum Gasteiger partial charge on any atom is -0.465 e. The number of benzene rings is 1. The van der Waals surface area contributed by atoms with Gasteiger partial charge in [0.1, 0.15) is 0 Å². The molecule has 0 radical (unpaired) electrons. The molecular formula is C11H9N3O4. The molecule has 18 heavy (non-hydrogen) atoms. The number of hydrogen-bond acceptors (Lipinski definition) is 4. The molecular weight excluding hydrogens is 238 g/mol. The van der Waals surface area contributed by atoms with E-state index in [2.05, 4.69) is 15.8 Å². The molecule has 0 aliphatic heterocycles. The SMILES string of the molecule is O=C(O)Nc1ccc(NC(=O)c2ccno2)cc1. The first kappa shape index (κ1) is 11.6. The Bertz CT molecular complexity index is 548. The average Bonchev–Trinajstić information content (AvgIpc) is 2.84. The molecule has 2 aromatic rings. The zero-order valence-electron chi connectivity index (χ0n) is 9.08. The summed E-state index contributed by atoms with van der Waals surface area (Å²) < 4.78 is 4.69. The second-order valence-electron chi connectivity index (χ2n) is 3.34. The zero-order chi connectivity index (χ0) is 13.0. The van der Waals surface area contributed by atoms with Gasteiger partial charge in [0.15, 0.2) is 0 Å². The topological polar surface area (TPSA) is 104 Å². The monoisotopic (exact) mass is 247 g/mol. The fraction of sp³-hybridized carbons (Fsp3) is 0. The van der Waals surface area contributed by atoms with E-state index in [1.54, 1.807) is 12.1 Å². The van der Waals surface area contributed by atoms with Gasteiger partial charge in [0.2, 0.25) is 5.76 Å². The molecule has 0 aliphatic rings. The van der Waals surface area contributed by atoms with Crippen LogP contribution in [0.3, 0.4) is 0 Å². The van der Waals surface area contributed by atoms with Crippen molar-refractivity contribution in [2.24, 2.45) is 0 Å². The van der Waals surface area contributed by atoms with Crippen molar-refractivity contribution in [2.75, 3.05) is 10.6 Å². The fourth-order valence-electron chi connectivity index (χ4n) is 1.29. The van der Waals surface area contributed by atoms with Gasteiger partial charge in [0, 0.05) is 17.4 Å². The molecule has 0 unspecified atom stereocenters. The summed E-state index contributed by atoms with van der Waals surface area (Å²) in [4.78, 5) is 22.0. The van der Waals surface area contributed by atoms with Crippen LogP contribution in [0.2, 0.25) is 0 Å². The van der Waals surface area contributed by atoms with Crippen LogP contribution in [0.1, 0.15) is 10.6 Å². The summed E-state index contributed by atoms with van der Waals surface area (Å²) in [6.07, 6.45) is 0.225. The first-order valence-electron chi connectivity index (χ1n) is 4.97. The molecule has 0 spiro atoms. The van der Waals surface area contributed by atoms with E-state index in [0.717, 1.165) is 0 Å². The largest absolute Gasteiger partial charge is 0.465 e. The number of amides is 2. The van der Waals surface area contributed by atoms with Crippen molar-refractivity contribution < 1.29 is 19.2 Å². The lowest BCUT2D eigenvalue weighted by Gasteiger charge is -2.04. The Morgan fingerprint density at radius 3 is 2.17 bits per heavy atom. The van der Waals surface area contributed by atoms with E-state index < -0.39 is 12.0 Å². The van der Waals surface area contributed by atoms with Crippen molar-refractivity contribution in [1.29, 1.82) is 0 Å². The van der Waals surface area contributed by atoms with Crippen LogP contribution in [0.15, 0.2) is 41.1 Å². The average molecular weight is 247 g/mol. The molecule has 1 heterocycles. The van der Waals surface area contributed by atoms with E-state index in [-0.39, 0.29) is 5.76 Å². The predicted molar refractivity (Wildman–Crippen MR) is 62.5 cm³/mol. The molecule has 1 aromatic heterocycles. The molecule has 2 rings (SSSR count). The number of carbonyl (C=O) groups is 2. The Morgan fingerprint density at radius 2 is 1.67 bits per heavy atom. The van der Waals surface area contributed by atoms with Gasteiger partial charge in [0.05, 0.1) is 6.20 Å². The highest BCUT2D eigenvalue weighted by Gasteiger charge is 2.09. The molecule has 2 amide bonds. The molecule has 7 nitrogen and oxygen atoms in total. The van der Waals surface area contributed by atoms with Crippen molar-refractivity contribution >= 4 is 23.4 Å². The maximum Gasteiger partial charge on any atom is 0.409 e. The number of nitrogens with one attached hydrogen (secondary N) is 2. The van der Waals surface area contributed by atoms with Crippen LogP contribution in [-0.4, -0.2) is 22.3 Å². The van der Waals surface area contributed by atoms with Crippen molar-refractivity contribution in [3.8, 4) is 0 Å². The quantitative estimate of drug-likeness (QED) is 0.769. The van der Waals surface area contributed by atoms with E-state index in [9.17, 15) is 9.59 Å². The minimum absolute atomic E-state index is 0.0998. The van der Waals surface area contributed by atoms with Crippen LogP contribution in [0.5, 0.6) is 0 Å². The lowest BCUT2D eigenvalue weighted by Crippen LogP contribution is -2.11. The Hall–Kier alpha value is -2.83. The Labute approximate surface area is 101 Å². The third-order valence-corrected chi connectivity index (χ3v) is 2.06. The number of anilines is 2. The summed E-state index contributed by atoms with van der Waals surface area (Å²) in [5.74, 6) is -0.325. The maximum absolute atomic E-state index is 11.6. The van der Waals surface area contributed by atoms with Crippen LogP contribution in [0.4, 0.5) is 16.2 Å². The number of hydrogen-bond donors (Lipinski definition) is 3. The van der Waals surface area contributed by atoms with Crippen molar-refractivity contribution in [3.05, 3.63) is 42.3 Å². The number of aromatic nitrogens is 1. The van der Waals surface area contributed by atoms with Gasteiger partial charge in [-0.3, -0.25) is 10.1 Å². The fourth-order valence-corrected chi connectivity index (χ4v) is 1.29. The van der Waals surface area contributed by atoms with Gasteiger partial charge in [-0.25, -0.2) is 4.79 Å². The number of rotatable bonds is 3. The smallest absolute Gasteiger partial charge is 0.409 e. The van der Waals surface area contributed by atoms with Gasteiger partial charge < -0.3 is 14.9 Å². The summed E-state index contributed by atoms with van der Waals surface area (Å²) in [6, 6.07) is 7.64. The lowest BCUT2D eigenvalue weighted by atomic mass is 10.2. The van der Waals surface area contributed by atoms with Crippen molar-refractivity contribution in [3.63, 3.8) is 0 Å². The van der Waals surface area contributed by atoms with E-state index in [4.69, 9.17) is 9.63 Å². The van der Waals surface area contributed by atoms with Crippen LogP contribution >= 0.6 is 0 Å². The Balaban J connectivity index is 2.02. The first-order chi connectivity index (χ1) is 8.65. The highest BCUT2D eigenvalue weighted by molar-refractivity contribution is 6.02. The number of carboxylic acid groups (broad SMARTS) is 1. The Morgan fingerprint density at radius 1 is 1.06 bits per heavy atom. The van der Waals surface area contributed by atoms with Gasteiger partial charge in [-0.1, -0.05) is 5.16 Å². The standard InChI is InChI=1S/C11H9N3O4/c15-10(9-5-6-12-18-9)13-7-1-3-8(4-2-7)14-11(16)17/h1-6,14H,(H,13,15)(H,16,17). The third-order valence-electron chi connectivity index (χ3n) is 2.06. The lowest BCUT2D eigenvalue weighted by molar-refractivity contribution is 0.0988. The molecule has 0 fully saturated rings. The summed E-state index contributed by atoms with van der Waals surface area (Å²) in [7, 11) is 0. The molecule has 1 aromatic carbocycles. The van der Waals surface area contributed by atoms with E-state index >= 15 is 0 Å². The van der Waals surface area contributed by atoms with Crippen LogP contribution in [0, 0.1) is 0 Å². The normalized spacial score (nSPS) is 9.78. The molecule has 0 bridgehead atoms. The van der Waals surface area contributed by atoms with Gasteiger partial charge in [-0.15, -0.1) is 0 Å². The molecule has 0 atom stereocenters. The third kappa shape index (κ3) is 2.85. The highest BCUT2D eigenvalue weighted by atomic mass is 16.5. The van der Waals surface area contributed by atoms with Gasteiger partial charge in [-0.2, -0.15) is 0 Å². The first-order valence-corrected chi connectivity index (χ1v) is 4.97. The van der Waals surface area contributed by atoms with E-state index in [1.807, 2.05) is 0 Å². The molecule has 3 N–H and O–H groups in total. The van der Waals surface area contributed by atoms with Gasteiger partial charge in [-0.05, 0) is 24.3 Å². The second kappa shape index (κ2) is 5.00.